The number of nitrogens with two attached hydrogens (primary N) is 1. The molecule has 1 fully saturated rings. The molecule has 6 nitrogen and oxygen atoms in total. The lowest BCUT2D eigenvalue weighted by atomic mass is 9.82. The van der Waals surface area contributed by atoms with Gasteiger partial charge in [0.15, 0.2) is 0 Å². The molecule has 0 radical (unpaired) electrons. The van der Waals surface area contributed by atoms with Gasteiger partial charge in [-0.15, -0.1) is 11.3 Å². The van der Waals surface area contributed by atoms with E-state index in [1.165, 1.54) is 16.9 Å². The van der Waals surface area contributed by atoms with E-state index in [1.807, 2.05) is 43.3 Å². The van der Waals surface area contributed by atoms with Gasteiger partial charge >= 0.3 is 5.97 Å². The Morgan fingerprint density at radius 3 is 2.33 bits per heavy atom. The number of hydrogen-bond donors (Lipinski definition) is 3. The first-order valence-corrected chi connectivity index (χ1v) is 10.9. The number of carbonyl (C=O) groups excluding carboxylic acids is 2. The number of carbonyl (C=O) groups is 3. The highest BCUT2D eigenvalue weighted by Gasteiger charge is 2.51. The monoisotopic (exact) mass is 424 g/mol. The quantitative estimate of drug-likeness (QED) is 0.612. The van der Waals surface area contributed by atoms with Crippen molar-refractivity contribution in [3.05, 3.63) is 52.4 Å². The molecule has 0 aliphatic heterocycles. The van der Waals surface area contributed by atoms with Gasteiger partial charge < -0.3 is 16.2 Å². The summed E-state index contributed by atoms with van der Waals surface area (Å²) in [5.74, 6) is -3.53. The van der Waals surface area contributed by atoms with Gasteiger partial charge in [-0.05, 0) is 42.7 Å². The van der Waals surface area contributed by atoms with Crippen LogP contribution in [0.25, 0.3) is 11.1 Å². The van der Waals surface area contributed by atoms with E-state index >= 15 is 0 Å². The summed E-state index contributed by atoms with van der Waals surface area (Å²) >= 11 is 1.29. The molecule has 2 amide bonds. The Morgan fingerprint density at radius 1 is 1.13 bits per heavy atom. The molecule has 156 valence electrons. The second kappa shape index (κ2) is 7.72. The highest BCUT2D eigenvalue weighted by atomic mass is 32.1. The molecule has 1 aromatic carbocycles. The maximum Gasteiger partial charge on any atom is 0.307 e. The largest absolute Gasteiger partial charge is 0.481 e. The molecule has 0 spiro atoms. The van der Waals surface area contributed by atoms with Crippen LogP contribution >= 0.6 is 11.3 Å². The van der Waals surface area contributed by atoms with Gasteiger partial charge in [0.25, 0.3) is 5.91 Å². The van der Waals surface area contributed by atoms with Gasteiger partial charge in [0.2, 0.25) is 5.91 Å². The second-order valence-electron chi connectivity index (χ2n) is 7.98. The van der Waals surface area contributed by atoms with E-state index in [0.717, 1.165) is 16.9 Å². The average molecular weight is 425 g/mol. The van der Waals surface area contributed by atoms with Gasteiger partial charge in [-0.1, -0.05) is 43.3 Å². The molecule has 0 unspecified atom stereocenters. The van der Waals surface area contributed by atoms with Gasteiger partial charge in [0, 0.05) is 10.4 Å². The molecule has 2 aliphatic rings. The number of anilines is 1. The van der Waals surface area contributed by atoms with E-state index in [2.05, 4.69) is 12.2 Å². The van der Waals surface area contributed by atoms with E-state index in [9.17, 15) is 19.5 Å². The van der Waals surface area contributed by atoms with Crippen LogP contribution in [0.5, 0.6) is 0 Å². The molecule has 2 aliphatic carbocycles. The minimum atomic E-state index is -0.957. The number of carboxylic acids is 1. The molecular formula is C23H24N2O4S. The smallest absolute Gasteiger partial charge is 0.307 e. The molecule has 1 heterocycles. The number of hydrogen-bond acceptors (Lipinski definition) is 4. The standard InChI is InChI=1S/C23H24N2O4S/c1-3-12-4-6-13(7-5-12)16-11(2)30-22(19(16)20(24)26)25-21(27)17-14-8-9-15(10-14)18(17)23(28)29/h4-9,14-15,17-18H,3,10H2,1-2H3,(H2,24,26)(H,25,27)(H,28,29)/t14-,15-,17-,18+/m0/s1. The van der Waals surface area contributed by atoms with Crippen molar-refractivity contribution in [1.29, 1.82) is 0 Å². The summed E-state index contributed by atoms with van der Waals surface area (Å²) < 4.78 is 0. The molecule has 2 bridgehead atoms. The normalized spacial score (nSPS) is 24.2. The molecule has 4 rings (SSSR count). The number of aliphatic carboxylic acids is 1. The van der Waals surface area contributed by atoms with Crippen molar-refractivity contribution in [3.8, 4) is 11.1 Å². The van der Waals surface area contributed by atoms with Crippen LogP contribution in [0.2, 0.25) is 0 Å². The number of benzene rings is 1. The number of amides is 2. The fourth-order valence-electron chi connectivity index (χ4n) is 4.83. The Kier molecular flexibility index (Phi) is 5.24. The van der Waals surface area contributed by atoms with Crippen LogP contribution in [0, 0.1) is 30.6 Å². The van der Waals surface area contributed by atoms with Crippen molar-refractivity contribution >= 4 is 34.1 Å². The number of primary amides is 1. The van der Waals surface area contributed by atoms with Crippen molar-refractivity contribution in [1.82, 2.24) is 0 Å². The molecule has 1 aromatic heterocycles. The van der Waals surface area contributed by atoms with Crippen LogP contribution in [0.1, 0.15) is 34.1 Å². The zero-order valence-electron chi connectivity index (χ0n) is 16.8. The number of allylic oxidation sites excluding steroid dienone is 2. The van der Waals surface area contributed by atoms with E-state index in [4.69, 9.17) is 5.73 Å². The lowest BCUT2D eigenvalue weighted by Gasteiger charge is -2.23. The van der Waals surface area contributed by atoms with Crippen molar-refractivity contribution in [2.75, 3.05) is 5.32 Å². The Bertz CT molecular complexity index is 1050. The van der Waals surface area contributed by atoms with E-state index in [0.29, 0.717) is 17.0 Å². The fraction of sp³-hybridized carbons (Fsp3) is 0.348. The third-order valence-corrected chi connectivity index (χ3v) is 7.29. The van der Waals surface area contributed by atoms with Crippen molar-refractivity contribution < 1.29 is 19.5 Å². The van der Waals surface area contributed by atoms with E-state index in [-0.39, 0.29) is 23.3 Å². The lowest BCUT2D eigenvalue weighted by molar-refractivity contribution is -0.146. The third kappa shape index (κ3) is 3.33. The van der Waals surface area contributed by atoms with E-state index in [1.54, 1.807) is 0 Å². The summed E-state index contributed by atoms with van der Waals surface area (Å²) in [5.41, 5.74) is 8.74. The summed E-state index contributed by atoms with van der Waals surface area (Å²) in [4.78, 5) is 38.0. The third-order valence-electron chi connectivity index (χ3n) is 6.27. The summed E-state index contributed by atoms with van der Waals surface area (Å²) in [5, 5.41) is 12.8. The number of aryl methyl sites for hydroxylation is 2. The minimum absolute atomic E-state index is 0.0877. The van der Waals surface area contributed by atoms with Gasteiger partial charge in [-0.3, -0.25) is 14.4 Å². The van der Waals surface area contributed by atoms with Crippen molar-refractivity contribution in [2.45, 2.75) is 26.7 Å². The summed E-state index contributed by atoms with van der Waals surface area (Å²) in [6, 6.07) is 7.92. The second-order valence-corrected chi connectivity index (χ2v) is 9.20. The van der Waals surface area contributed by atoms with Crippen LogP contribution in [0.15, 0.2) is 36.4 Å². The van der Waals surface area contributed by atoms with Crippen LogP contribution in [0.4, 0.5) is 5.00 Å². The first-order chi connectivity index (χ1) is 14.3. The van der Waals surface area contributed by atoms with Crippen LogP contribution in [-0.2, 0) is 16.0 Å². The Hall–Kier alpha value is -2.93. The molecule has 7 heteroatoms. The summed E-state index contributed by atoms with van der Waals surface area (Å²) in [7, 11) is 0. The predicted octanol–water partition coefficient (Wildman–Crippen LogP) is 3.85. The van der Waals surface area contributed by atoms with Gasteiger partial charge in [-0.25, -0.2) is 0 Å². The molecule has 4 atom stereocenters. The maximum atomic E-state index is 13.1. The van der Waals surface area contributed by atoms with Crippen LogP contribution in [-0.4, -0.2) is 22.9 Å². The molecule has 30 heavy (non-hydrogen) atoms. The number of carboxylic acid groups (broad SMARTS) is 1. The van der Waals surface area contributed by atoms with Gasteiger partial charge in [0.1, 0.15) is 5.00 Å². The molecular weight excluding hydrogens is 400 g/mol. The fourth-order valence-corrected chi connectivity index (χ4v) is 5.92. The number of nitrogens with one attached hydrogen (secondary N) is 1. The first kappa shape index (κ1) is 20.3. The molecule has 2 aromatic rings. The number of rotatable bonds is 6. The predicted molar refractivity (Wildman–Crippen MR) is 116 cm³/mol. The molecule has 1 saturated carbocycles. The Balaban J connectivity index is 1.68. The van der Waals surface area contributed by atoms with Gasteiger partial charge in [-0.2, -0.15) is 0 Å². The molecule has 4 N–H and O–H groups in total. The highest BCUT2D eigenvalue weighted by Crippen LogP contribution is 2.49. The number of thiophene rings is 1. The topological polar surface area (TPSA) is 109 Å². The van der Waals surface area contributed by atoms with E-state index < -0.39 is 23.7 Å². The maximum absolute atomic E-state index is 13.1. The Morgan fingerprint density at radius 2 is 1.77 bits per heavy atom. The SMILES string of the molecule is CCc1ccc(-c2c(C)sc(NC(=O)[C@@H]3[C@H](C(=O)O)[C@H]4C=C[C@H]3C4)c2C(N)=O)cc1. The lowest BCUT2D eigenvalue weighted by Crippen LogP contribution is -2.36. The summed E-state index contributed by atoms with van der Waals surface area (Å²) in [6.45, 7) is 3.96. The highest BCUT2D eigenvalue weighted by molar-refractivity contribution is 7.17. The Labute approximate surface area is 178 Å². The number of fused-ring (bicyclic) bond motifs is 2. The van der Waals surface area contributed by atoms with Gasteiger partial charge in [0.05, 0.1) is 17.4 Å². The zero-order valence-corrected chi connectivity index (χ0v) is 17.7. The van der Waals surface area contributed by atoms with Crippen molar-refractivity contribution in [2.24, 2.45) is 29.4 Å². The van der Waals surface area contributed by atoms with Crippen LogP contribution in [0.3, 0.4) is 0 Å². The van der Waals surface area contributed by atoms with Crippen molar-refractivity contribution in [3.63, 3.8) is 0 Å². The summed E-state index contributed by atoms with van der Waals surface area (Å²) in [6.07, 6.45) is 5.42. The minimum Gasteiger partial charge on any atom is -0.481 e. The average Bonchev–Trinajstić information content (AvgIpc) is 3.40. The zero-order chi connectivity index (χ0) is 21.6. The molecule has 0 saturated heterocycles. The first-order valence-electron chi connectivity index (χ1n) is 10.1. The van der Waals surface area contributed by atoms with Crippen LogP contribution < -0.4 is 11.1 Å².